The van der Waals surface area contributed by atoms with E-state index >= 15 is 0 Å². The van der Waals surface area contributed by atoms with Gasteiger partial charge in [0, 0.05) is 18.9 Å². The highest BCUT2D eigenvalue weighted by Gasteiger charge is 2.35. The third-order valence-electron chi connectivity index (χ3n) is 4.07. The molecule has 1 heterocycles. The van der Waals surface area contributed by atoms with E-state index in [1.54, 1.807) is 12.1 Å². The Balaban J connectivity index is 1.58. The van der Waals surface area contributed by atoms with Crippen molar-refractivity contribution in [1.82, 2.24) is 4.90 Å². The molecule has 1 amide bonds. The van der Waals surface area contributed by atoms with Gasteiger partial charge in [-0.1, -0.05) is 24.2 Å². The van der Waals surface area contributed by atoms with E-state index < -0.39 is 0 Å². The van der Waals surface area contributed by atoms with Crippen LogP contribution in [0, 0.1) is 11.7 Å². The van der Waals surface area contributed by atoms with Crippen molar-refractivity contribution in [2.75, 3.05) is 13.1 Å². The number of oxime groups is 1. The van der Waals surface area contributed by atoms with Crippen molar-refractivity contribution < 1.29 is 14.0 Å². The van der Waals surface area contributed by atoms with Gasteiger partial charge in [-0.2, -0.15) is 0 Å². The predicted octanol–water partition coefficient (Wildman–Crippen LogP) is 2.97. The van der Waals surface area contributed by atoms with E-state index in [-0.39, 0.29) is 23.7 Å². The van der Waals surface area contributed by atoms with Gasteiger partial charge in [-0.15, -0.1) is 0 Å². The first kappa shape index (κ1) is 15.0. The summed E-state index contributed by atoms with van der Waals surface area (Å²) in [5, 5.41) is 4.11. The second-order valence-corrected chi connectivity index (χ2v) is 6.03. The van der Waals surface area contributed by atoms with E-state index in [9.17, 15) is 9.18 Å². The van der Waals surface area contributed by atoms with Gasteiger partial charge in [0.25, 0.3) is 0 Å². The molecular weight excluding hydrogens is 283 g/mol. The molecular formula is C17H21FN2O2. The molecule has 0 unspecified atom stereocenters. The molecule has 118 valence electrons. The van der Waals surface area contributed by atoms with Gasteiger partial charge in [-0.3, -0.25) is 4.79 Å². The van der Waals surface area contributed by atoms with E-state index in [4.69, 9.17) is 4.84 Å². The highest BCUT2D eigenvalue weighted by Crippen LogP contribution is 2.31. The molecule has 2 aliphatic rings. The summed E-state index contributed by atoms with van der Waals surface area (Å²) in [5.41, 5.74) is 1.69. The monoisotopic (exact) mass is 304 g/mol. The molecule has 1 atom stereocenters. The number of hydrogen-bond donors (Lipinski definition) is 0. The molecule has 4 nitrogen and oxygen atoms in total. The van der Waals surface area contributed by atoms with E-state index in [0.717, 1.165) is 37.1 Å². The molecule has 22 heavy (non-hydrogen) atoms. The molecule has 1 saturated carbocycles. The quantitative estimate of drug-likeness (QED) is 0.811. The average Bonchev–Trinajstić information content (AvgIpc) is 3.27. The van der Waals surface area contributed by atoms with Crippen molar-refractivity contribution in [1.29, 1.82) is 0 Å². The third kappa shape index (κ3) is 3.46. The molecule has 0 N–H and O–H groups in total. The second-order valence-electron chi connectivity index (χ2n) is 6.03. The number of amides is 1. The van der Waals surface area contributed by atoms with Crippen LogP contribution in [0.2, 0.25) is 0 Å². The minimum Gasteiger partial charge on any atom is -0.390 e. The average molecular weight is 304 g/mol. The van der Waals surface area contributed by atoms with E-state index in [0.29, 0.717) is 13.0 Å². The maximum Gasteiger partial charge on any atom is 0.225 e. The largest absolute Gasteiger partial charge is 0.390 e. The number of hydrogen-bond acceptors (Lipinski definition) is 3. The smallest absolute Gasteiger partial charge is 0.225 e. The van der Waals surface area contributed by atoms with Crippen LogP contribution < -0.4 is 0 Å². The molecule has 1 aliphatic carbocycles. The maximum absolute atomic E-state index is 13.0. The van der Waals surface area contributed by atoms with Gasteiger partial charge < -0.3 is 9.74 Å². The first-order valence-corrected chi connectivity index (χ1v) is 7.94. The molecule has 1 fully saturated rings. The molecule has 1 aliphatic heterocycles. The van der Waals surface area contributed by atoms with Crippen molar-refractivity contribution >= 4 is 11.6 Å². The molecule has 1 aromatic rings. The fourth-order valence-corrected chi connectivity index (χ4v) is 2.73. The molecule has 3 rings (SSSR count). The van der Waals surface area contributed by atoms with Gasteiger partial charge in [-0.25, -0.2) is 4.39 Å². The zero-order chi connectivity index (χ0) is 15.5. The zero-order valence-corrected chi connectivity index (χ0v) is 12.8. The van der Waals surface area contributed by atoms with Crippen LogP contribution in [-0.4, -0.2) is 35.7 Å². The Hall–Kier alpha value is -1.91. The standard InChI is InChI=1S/C17H21FN2O2/c1-2-9-20(17(21)13-3-4-13)11-15-10-16(19-22-15)12-5-7-14(18)8-6-12/h5-8,13,15H,2-4,9-11H2,1H3/t15-/m1/s1. The minimum absolute atomic E-state index is 0.102. The lowest BCUT2D eigenvalue weighted by atomic mass is 10.0. The normalized spacial score (nSPS) is 20.5. The van der Waals surface area contributed by atoms with Crippen LogP contribution >= 0.6 is 0 Å². The summed E-state index contributed by atoms with van der Waals surface area (Å²) in [6, 6.07) is 6.26. The first-order valence-electron chi connectivity index (χ1n) is 7.94. The molecule has 0 saturated heterocycles. The summed E-state index contributed by atoms with van der Waals surface area (Å²) in [6.45, 7) is 3.42. The van der Waals surface area contributed by atoms with Crippen molar-refractivity contribution in [3.8, 4) is 0 Å². The fourth-order valence-electron chi connectivity index (χ4n) is 2.73. The summed E-state index contributed by atoms with van der Waals surface area (Å²) in [6.07, 6.45) is 3.53. The number of carbonyl (C=O) groups is 1. The predicted molar refractivity (Wildman–Crippen MR) is 82.0 cm³/mol. The Bertz CT molecular complexity index is 567. The first-order chi connectivity index (χ1) is 10.7. The fraction of sp³-hybridized carbons (Fsp3) is 0.529. The number of halogens is 1. The molecule has 0 aromatic heterocycles. The lowest BCUT2D eigenvalue weighted by molar-refractivity contribution is -0.134. The summed E-state index contributed by atoms with van der Waals surface area (Å²) in [5.74, 6) is 0.218. The van der Waals surface area contributed by atoms with Crippen LogP contribution in [0.5, 0.6) is 0 Å². The highest BCUT2D eigenvalue weighted by atomic mass is 19.1. The molecule has 0 bridgehead atoms. The van der Waals surface area contributed by atoms with Crippen molar-refractivity contribution in [3.63, 3.8) is 0 Å². The number of carbonyl (C=O) groups excluding carboxylic acids is 1. The lowest BCUT2D eigenvalue weighted by Gasteiger charge is -2.24. The van der Waals surface area contributed by atoms with Gasteiger partial charge in [0.1, 0.15) is 5.82 Å². The Labute approximate surface area is 129 Å². The molecule has 1 aromatic carbocycles. The van der Waals surface area contributed by atoms with Gasteiger partial charge >= 0.3 is 0 Å². The Morgan fingerprint density at radius 2 is 2.09 bits per heavy atom. The summed E-state index contributed by atoms with van der Waals surface area (Å²) in [7, 11) is 0. The van der Waals surface area contributed by atoms with E-state index in [1.165, 1.54) is 12.1 Å². The summed E-state index contributed by atoms with van der Waals surface area (Å²) < 4.78 is 13.0. The summed E-state index contributed by atoms with van der Waals surface area (Å²) >= 11 is 0. The highest BCUT2D eigenvalue weighted by molar-refractivity contribution is 6.01. The molecule has 0 radical (unpaired) electrons. The van der Waals surface area contributed by atoms with Gasteiger partial charge in [0.2, 0.25) is 5.91 Å². The second kappa shape index (κ2) is 6.46. The molecule has 5 heteroatoms. The lowest BCUT2D eigenvalue weighted by Crippen LogP contribution is -2.39. The van der Waals surface area contributed by atoms with Crippen molar-refractivity contribution in [2.24, 2.45) is 11.1 Å². The van der Waals surface area contributed by atoms with Gasteiger partial charge in [-0.05, 0) is 37.0 Å². The van der Waals surface area contributed by atoms with Crippen LogP contribution in [0.3, 0.4) is 0 Å². The zero-order valence-electron chi connectivity index (χ0n) is 12.8. The maximum atomic E-state index is 13.0. The van der Waals surface area contributed by atoms with Crippen LogP contribution in [0.1, 0.15) is 38.2 Å². The minimum atomic E-state index is -0.260. The van der Waals surface area contributed by atoms with E-state index in [1.807, 2.05) is 4.90 Å². The van der Waals surface area contributed by atoms with Crippen LogP contribution in [0.15, 0.2) is 29.4 Å². The van der Waals surface area contributed by atoms with Crippen LogP contribution in [0.25, 0.3) is 0 Å². The SMILES string of the molecule is CCCN(C[C@H]1CC(c2ccc(F)cc2)=NO1)C(=O)C1CC1. The van der Waals surface area contributed by atoms with Crippen LogP contribution in [-0.2, 0) is 9.63 Å². The molecule has 0 spiro atoms. The number of rotatable bonds is 6. The van der Waals surface area contributed by atoms with Crippen molar-refractivity contribution in [2.45, 2.75) is 38.7 Å². The Morgan fingerprint density at radius 3 is 2.73 bits per heavy atom. The van der Waals surface area contributed by atoms with E-state index in [2.05, 4.69) is 12.1 Å². The van der Waals surface area contributed by atoms with Gasteiger partial charge in [0.15, 0.2) is 6.10 Å². The Morgan fingerprint density at radius 1 is 1.36 bits per heavy atom. The number of nitrogens with zero attached hydrogens (tertiary/aromatic N) is 2. The van der Waals surface area contributed by atoms with Crippen molar-refractivity contribution in [3.05, 3.63) is 35.6 Å². The third-order valence-corrected chi connectivity index (χ3v) is 4.07. The Kier molecular flexibility index (Phi) is 4.41. The van der Waals surface area contributed by atoms with Gasteiger partial charge in [0.05, 0.1) is 12.3 Å². The summed E-state index contributed by atoms with van der Waals surface area (Å²) in [4.78, 5) is 19.6. The van der Waals surface area contributed by atoms with Crippen LogP contribution in [0.4, 0.5) is 4.39 Å². The number of benzene rings is 1. The topological polar surface area (TPSA) is 41.9 Å².